The summed E-state index contributed by atoms with van der Waals surface area (Å²) in [4.78, 5) is 0. The van der Waals surface area contributed by atoms with Gasteiger partial charge in [-0.05, 0) is 50.7 Å². The van der Waals surface area contributed by atoms with Crippen LogP contribution in [0.3, 0.4) is 0 Å². The highest BCUT2D eigenvalue weighted by molar-refractivity contribution is 5.44. The first-order chi connectivity index (χ1) is 8.00. The molecule has 2 aliphatic carbocycles. The van der Waals surface area contributed by atoms with Gasteiger partial charge in [0.05, 0.1) is 0 Å². The molecule has 17 heavy (non-hydrogen) atoms. The number of hydrogen-bond donors (Lipinski definition) is 0. The van der Waals surface area contributed by atoms with Gasteiger partial charge in [-0.25, -0.2) is 0 Å². The van der Waals surface area contributed by atoms with E-state index in [1.807, 2.05) is 0 Å². The summed E-state index contributed by atoms with van der Waals surface area (Å²) in [5.41, 5.74) is 6.21. The van der Waals surface area contributed by atoms with Gasteiger partial charge in [0, 0.05) is 5.41 Å². The Kier molecular flexibility index (Phi) is 3.42. The molecule has 0 heterocycles. The number of allylic oxidation sites excluding steroid dienone is 8. The van der Waals surface area contributed by atoms with Crippen molar-refractivity contribution >= 4 is 0 Å². The van der Waals surface area contributed by atoms with Gasteiger partial charge in [0.25, 0.3) is 0 Å². The van der Waals surface area contributed by atoms with E-state index in [1.54, 1.807) is 0 Å². The van der Waals surface area contributed by atoms with E-state index in [1.165, 1.54) is 48.0 Å². The normalized spacial score (nSPS) is 21.4. The molecule has 0 spiro atoms. The molecule has 0 atom stereocenters. The van der Waals surface area contributed by atoms with Crippen LogP contribution >= 0.6 is 0 Å². The van der Waals surface area contributed by atoms with Crippen molar-refractivity contribution in [1.82, 2.24) is 0 Å². The lowest BCUT2D eigenvalue weighted by Gasteiger charge is -2.32. The second-order valence-electron chi connectivity index (χ2n) is 6.00. The van der Waals surface area contributed by atoms with Gasteiger partial charge < -0.3 is 0 Å². The highest BCUT2D eigenvalue weighted by Crippen LogP contribution is 2.41. The molecule has 0 unspecified atom stereocenters. The van der Waals surface area contributed by atoms with Crippen molar-refractivity contribution in [3.63, 3.8) is 0 Å². The van der Waals surface area contributed by atoms with Crippen LogP contribution in [0.15, 0.2) is 46.6 Å². The van der Waals surface area contributed by atoms with E-state index >= 15 is 0 Å². The smallest absolute Gasteiger partial charge is 0.0140 e. The fraction of sp³-hybridized carbons (Fsp3) is 0.529. The Bertz CT molecular complexity index is 385. The fourth-order valence-electron chi connectivity index (χ4n) is 2.74. The van der Waals surface area contributed by atoms with Crippen molar-refractivity contribution in [2.24, 2.45) is 5.41 Å². The molecule has 0 fully saturated rings. The van der Waals surface area contributed by atoms with Gasteiger partial charge in [-0.2, -0.15) is 0 Å². The summed E-state index contributed by atoms with van der Waals surface area (Å²) >= 11 is 0. The number of hydrogen-bond acceptors (Lipinski definition) is 0. The van der Waals surface area contributed by atoms with Crippen LogP contribution in [0.4, 0.5) is 0 Å². The van der Waals surface area contributed by atoms with Gasteiger partial charge >= 0.3 is 0 Å². The van der Waals surface area contributed by atoms with Crippen molar-refractivity contribution in [1.29, 1.82) is 0 Å². The zero-order chi connectivity index (χ0) is 12.5. The van der Waals surface area contributed by atoms with Crippen LogP contribution in [0.1, 0.15) is 53.4 Å². The van der Waals surface area contributed by atoms with Gasteiger partial charge in [0.1, 0.15) is 0 Å². The minimum Gasteiger partial charge on any atom is -0.0801 e. The summed E-state index contributed by atoms with van der Waals surface area (Å²) in [5.74, 6) is 0. The van der Waals surface area contributed by atoms with Crippen LogP contribution in [0, 0.1) is 5.41 Å². The van der Waals surface area contributed by atoms with Crippen LogP contribution in [0.2, 0.25) is 0 Å². The lowest BCUT2D eigenvalue weighted by atomic mass is 9.72. The first-order valence-electron chi connectivity index (χ1n) is 6.76. The molecule has 0 bridgehead atoms. The highest BCUT2D eigenvalue weighted by Gasteiger charge is 2.27. The van der Waals surface area contributed by atoms with Crippen molar-refractivity contribution < 1.29 is 0 Å². The average Bonchev–Trinajstić information content (AvgIpc) is 2.29. The first-order valence-corrected chi connectivity index (χ1v) is 6.76. The zero-order valence-electron chi connectivity index (χ0n) is 11.6. The molecule has 92 valence electrons. The number of rotatable bonds is 2. The third-order valence-corrected chi connectivity index (χ3v) is 4.05. The first kappa shape index (κ1) is 12.4. The summed E-state index contributed by atoms with van der Waals surface area (Å²) in [5, 5.41) is 0. The molecule has 0 aliphatic heterocycles. The van der Waals surface area contributed by atoms with Crippen LogP contribution < -0.4 is 0 Å². The molecule has 0 saturated heterocycles. The Balaban J connectivity index is 2.30. The second-order valence-corrected chi connectivity index (χ2v) is 6.00. The molecule has 2 aliphatic rings. The van der Waals surface area contributed by atoms with E-state index in [0.717, 1.165) is 0 Å². The molecule has 2 rings (SSSR count). The summed E-state index contributed by atoms with van der Waals surface area (Å²) in [6.07, 6.45) is 14.5. The maximum Gasteiger partial charge on any atom is 0.0140 e. The molecular formula is C17H24. The third kappa shape index (κ3) is 2.62. The molecule has 0 nitrogen and oxygen atoms in total. The largest absolute Gasteiger partial charge is 0.0801 e. The Hall–Kier alpha value is -1.04. The molecule has 0 aromatic heterocycles. The van der Waals surface area contributed by atoms with Gasteiger partial charge in [0.2, 0.25) is 0 Å². The van der Waals surface area contributed by atoms with Crippen LogP contribution in [0.5, 0.6) is 0 Å². The molecule has 0 N–H and O–H groups in total. The predicted octanol–water partition coefficient (Wildman–Crippen LogP) is 5.35. The van der Waals surface area contributed by atoms with E-state index in [0.29, 0.717) is 0 Å². The molecule has 0 aromatic rings. The minimum absolute atomic E-state index is 0.170. The maximum atomic E-state index is 2.42. The van der Waals surface area contributed by atoms with E-state index in [4.69, 9.17) is 0 Å². The summed E-state index contributed by atoms with van der Waals surface area (Å²) < 4.78 is 0. The molecular weight excluding hydrogens is 204 g/mol. The summed E-state index contributed by atoms with van der Waals surface area (Å²) in [7, 11) is 0. The van der Waals surface area contributed by atoms with E-state index < -0.39 is 0 Å². The minimum atomic E-state index is 0.170. The van der Waals surface area contributed by atoms with Crippen molar-refractivity contribution in [3.05, 3.63) is 46.6 Å². The average molecular weight is 228 g/mol. The fourth-order valence-corrected chi connectivity index (χ4v) is 2.74. The van der Waals surface area contributed by atoms with Crippen molar-refractivity contribution in [3.8, 4) is 0 Å². The Morgan fingerprint density at radius 3 is 1.59 bits per heavy atom. The predicted molar refractivity (Wildman–Crippen MR) is 75.9 cm³/mol. The summed E-state index contributed by atoms with van der Waals surface area (Å²) in [6.45, 7) is 9.21. The second kappa shape index (κ2) is 4.68. The quantitative estimate of drug-likeness (QED) is 0.598. The lowest BCUT2D eigenvalue weighted by molar-refractivity contribution is 0.551. The van der Waals surface area contributed by atoms with Crippen LogP contribution in [-0.2, 0) is 0 Å². The van der Waals surface area contributed by atoms with Crippen molar-refractivity contribution in [2.75, 3.05) is 0 Å². The third-order valence-electron chi connectivity index (χ3n) is 4.05. The molecule has 0 heteroatoms. The molecule has 0 radical (unpaired) electrons. The highest BCUT2D eigenvalue weighted by atomic mass is 14.3. The van der Waals surface area contributed by atoms with Gasteiger partial charge in [-0.15, -0.1) is 0 Å². The molecule has 0 saturated carbocycles. The van der Waals surface area contributed by atoms with Gasteiger partial charge in [-0.1, -0.05) is 49.3 Å². The van der Waals surface area contributed by atoms with Gasteiger partial charge in [-0.3, -0.25) is 0 Å². The van der Waals surface area contributed by atoms with Crippen LogP contribution in [0.25, 0.3) is 0 Å². The maximum absolute atomic E-state index is 2.42. The Labute approximate surface area is 106 Å². The SMILES string of the molecule is CC1=CC(C(C)(C)C2=CCCC(C)=C2)=CCC1. The summed E-state index contributed by atoms with van der Waals surface area (Å²) in [6, 6.07) is 0. The van der Waals surface area contributed by atoms with E-state index in [2.05, 4.69) is 52.0 Å². The molecule has 0 aromatic carbocycles. The Morgan fingerprint density at radius 1 is 0.824 bits per heavy atom. The zero-order valence-corrected chi connectivity index (χ0v) is 11.6. The standard InChI is InChI=1S/C17H24/c1-13-7-5-9-15(11-13)17(3,4)16-10-6-8-14(2)12-16/h9-12H,5-8H2,1-4H3. The van der Waals surface area contributed by atoms with Crippen LogP contribution in [-0.4, -0.2) is 0 Å². The van der Waals surface area contributed by atoms with E-state index in [9.17, 15) is 0 Å². The topological polar surface area (TPSA) is 0 Å². The molecule has 0 amide bonds. The van der Waals surface area contributed by atoms with Gasteiger partial charge in [0.15, 0.2) is 0 Å². The lowest BCUT2D eigenvalue weighted by Crippen LogP contribution is -2.18. The monoisotopic (exact) mass is 228 g/mol. The van der Waals surface area contributed by atoms with E-state index in [-0.39, 0.29) is 5.41 Å². The Morgan fingerprint density at radius 2 is 1.24 bits per heavy atom. The van der Waals surface area contributed by atoms with Crippen molar-refractivity contribution in [2.45, 2.75) is 53.4 Å².